The molecule has 0 fully saturated rings. The molecule has 0 atom stereocenters. The van der Waals surface area contributed by atoms with E-state index in [4.69, 9.17) is 5.73 Å². The predicted molar refractivity (Wildman–Crippen MR) is 103 cm³/mol. The third-order valence-corrected chi connectivity index (χ3v) is 4.90. The highest BCUT2D eigenvalue weighted by Gasteiger charge is 2.14. The standard InChI is InChI=1S/C20H23BrN2/c1-13-11-14(2)19-18(12-13)17(5-3-4-10-22)20(23-19)15-6-8-16(21)9-7-15/h6-9,11-12,23H,3-5,10,22H2,1-2H3. The third kappa shape index (κ3) is 3.36. The number of aromatic amines is 1. The monoisotopic (exact) mass is 370 g/mol. The number of benzene rings is 2. The van der Waals surface area contributed by atoms with Crippen LogP contribution in [0.1, 0.15) is 29.5 Å². The molecule has 0 aliphatic heterocycles. The summed E-state index contributed by atoms with van der Waals surface area (Å²) in [5.41, 5.74) is 13.5. The van der Waals surface area contributed by atoms with Gasteiger partial charge in [0, 0.05) is 21.1 Å². The first-order valence-corrected chi connectivity index (χ1v) is 8.97. The second kappa shape index (κ2) is 6.90. The van der Waals surface area contributed by atoms with Gasteiger partial charge in [0.2, 0.25) is 0 Å². The highest BCUT2D eigenvalue weighted by Crippen LogP contribution is 2.34. The Morgan fingerprint density at radius 2 is 1.78 bits per heavy atom. The van der Waals surface area contributed by atoms with Crippen molar-refractivity contribution in [3.8, 4) is 11.3 Å². The van der Waals surface area contributed by atoms with Crippen molar-refractivity contribution in [3.63, 3.8) is 0 Å². The van der Waals surface area contributed by atoms with Crippen LogP contribution < -0.4 is 5.73 Å². The van der Waals surface area contributed by atoms with Crippen LogP contribution in [0.25, 0.3) is 22.2 Å². The maximum atomic E-state index is 5.68. The van der Waals surface area contributed by atoms with E-state index in [1.165, 1.54) is 38.9 Å². The summed E-state index contributed by atoms with van der Waals surface area (Å²) in [7, 11) is 0. The quantitative estimate of drug-likeness (QED) is 0.572. The largest absolute Gasteiger partial charge is 0.354 e. The van der Waals surface area contributed by atoms with E-state index >= 15 is 0 Å². The van der Waals surface area contributed by atoms with Gasteiger partial charge < -0.3 is 10.7 Å². The van der Waals surface area contributed by atoms with Crippen LogP contribution in [0.15, 0.2) is 40.9 Å². The van der Waals surface area contributed by atoms with Gasteiger partial charge in [0.25, 0.3) is 0 Å². The maximum absolute atomic E-state index is 5.68. The molecule has 1 heterocycles. The van der Waals surface area contributed by atoms with Gasteiger partial charge in [-0.05, 0) is 74.5 Å². The minimum absolute atomic E-state index is 0.758. The number of halogens is 1. The molecule has 0 saturated carbocycles. The van der Waals surface area contributed by atoms with Gasteiger partial charge in [-0.25, -0.2) is 0 Å². The molecule has 120 valence electrons. The lowest BCUT2D eigenvalue weighted by atomic mass is 9.98. The summed E-state index contributed by atoms with van der Waals surface area (Å²) in [5, 5.41) is 1.36. The van der Waals surface area contributed by atoms with E-state index in [0.29, 0.717) is 0 Å². The molecule has 3 aromatic rings. The van der Waals surface area contributed by atoms with Crippen molar-refractivity contribution in [2.45, 2.75) is 33.1 Å². The van der Waals surface area contributed by atoms with Gasteiger partial charge >= 0.3 is 0 Å². The summed E-state index contributed by atoms with van der Waals surface area (Å²) >= 11 is 3.52. The molecule has 3 heteroatoms. The lowest BCUT2D eigenvalue weighted by molar-refractivity contribution is 0.748. The molecule has 2 nitrogen and oxygen atoms in total. The zero-order valence-electron chi connectivity index (χ0n) is 13.7. The molecule has 0 amide bonds. The van der Waals surface area contributed by atoms with Crippen LogP contribution in [-0.4, -0.2) is 11.5 Å². The molecule has 0 radical (unpaired) electrons. The van der Waals surface area contributed by atoms with Gasteiger partial charge in [0.1, 0.15) is 0 Å². The molecule has 0 aliphatic rings. The van der Waals surface area contributed by atoms with E-state index in [0.717, 1.165) is 30.3 Å². The topological polar surface area (TPSA) is 41.8 Å². The summed E-state index contributed by atoms with van der Waals surface area (Å²) in [6.07, 6.45) is 3.25. The van der Waals surface area contributed by atoms with Crippen molar-refractivity contribution in [2.75, 3.05) is 6.54 Å². The zero-order valence-corrected chi connectivity index (χ0v) is 15.3. The molecule has 0 spiro atoms. The van der Waals surface area contributed by atoms with E-state index in [2.05, 4.69) is 71.2 Å². The number of nitrogens with two attached hydrogens (primary N) is 1. The average Bonchev–Trinajstić information content (AvgIpc) is 2.87. The highest BCUT2D eigenvalue weighted by atomic mass is 79.9. The fraction of sp³-hybridized carbons (Fsp3) is 0.300. The van der Waals surface area contributed by atoms with Crippen LogP contribution in [0.2, 0.25) is 0 Å². The molecule has 2 aromatic carbocycles. The number of hydrogen-bond acceptors (Lipinski definition) is 1. The molecule has 0 bridgehead atoms. The van der Waals surface area contributed by atoms with Gasteiger partial charge in [-0.2, -0.15) is 0 Å². The molecular weight excluding hydrogens is 348 g/mol. The number of H-pyrrole nitrogens is 1. The third-order valence-electron chi connectivity index (χ3n) is 4.37. The minimum atomic E-state index is 0.758. The number of hydrogen-bond donors (Lipinski definition) is 2. The number of rotatable bonds is 5. The molecule has 3 N–H and O–H groups in total. The van der Waals surface area contributed by atoms with Crippen molar-refractivity contribution in [3.05, 3.63) is 57.6 Å². The van der Waals surface area contributed by atoms with Gasteiger partial charge in [0.15, 0.2) is 0 Å². The highest BCUT2D eigenvalue weighted by molar-refractivity contribution is 9.10. The summed E-state index contributed by atoms with van der Waals surface area (Å²) in [5.74, 6) is 0. The summed E-state index contributed by atoms with van der Waals surface area (Å²) in [6, 6.07) is 13.1. The van der Waals surface area contributed by atoms with Gasteiger partial charge in [-0.15, -0.1) is 0 Å². The summed E-state index contributed by atoms with van der Waals surface area (Å²) < 4.78 is 1.11. The molecule has 0 aliphatic carbocycles. The Hall–Kier alpha value is -1.58. The van der Waals surface area contributed by atoms with Crippen molar-refractivity contribution < 1.29 is 0 Å². The molecular formula is C20H23BrN2. The number of aromatic nitrogens is 1. The smallest absolute Gasteiger partial charge is 0.0497 e. The van der Waals surface area contributed by atoms with Crippen LogP contribution in [0.5, 0.6) is 0 Å². The molecule has 0 saturated heterocycles. The second-order valence-electron chi connectivity index (χ2n) is 6.24. The summed E-state index contributed by atoms with van der Waals surface area (Å²) in [4.78, 5) is 3.68. The fourth-order valence-corrected chi connectivity index (χ4v) is 3.54. The average molecular weight is 371 g/mol. The fourth-order valence-electron chi connectivity index (χ4n) is 3.28. The van der Waals surface area contributed by atoms with E-state index in [-0.39, 0.29) is 0 Å². The second-order valence-corrected chi connectivity index (χ2v) is 7.15. The van der Waals surface area contributed by atoms with E-state index < -0.39 is 0 Å². The van der Waals surface area contributed by atoms with Crippen LogP contribution in [0, 0.1) is 13.8 Å². The molecule has 23 heavy (non-hydrogen) atoms. The first-order valence-electron chi connectivity index (χ1n) is 8.18. The van der Waals surface area contributed by atoms with E-state index in [1.807, 2.05) is 0 Å². The van der Waals surface area contributed by atoms with Crippen molar-refractivity contribution in [1.82, 2.24) is 4.98 Å². The first kappa shape index (κ1) is 16.3. The molecule has 0 unspecified atom stereocenters. The Morgan fingerprint density at radius 1 is 1.04 bits per heavy atom. The van der Waals surface area contributed by atoms with Gasteiger partial charge in [0.05, 0.1) is 0 Å². The Balaban J connectivity index is 2.16. The molecule has 1 aromatic heterocycles. The summed E-state index contributed by atoms with van der Waals surface area (Å²) in [6.45, 7) is 5.11. The predicted octanol–water partition coefficient (Wildman–Crippen LogP) is 5.50. The lowest BCUT2D eigenvalue weighted by Crippen LogP contribution is -1.99. The van der Waals surface area contributed by atoms with Gasteiger partial charge in [-0.1, -0.05) is 39.7 Å². The molecule has 3 rings (SSSR count). The Labute approximate surface area is 146 Å². The van der Waals surface area contributed by atoms with Gasteiger partial charge in [-0.3, -0.25) is 0 Å². The van der Waals surface area contributed by atoms with Crippen LogP contribution >= 0.6 is 15.9 Å². The number of nitrogens with one attached hydrogen (secondary N) is 1. The zero-order chi connectivity index (χ0) is 16.4. The minimum Gasteiger partial charge on any atom is -0.354 e. The Kier molecular flexibility index (Phi) is 4.88. The lowest BCUT2D eigenvalue weighted by Gasteiger charge is -2.06. The first-order chi connectivity index (χ1) is 11.1. The Morgan fingerprint density at radius 3 is 2.48 bits per heavy atom. The SMILES string of the molecule is Cc1cc(C)c2[nH]c(-c3ccc(Br)cc3)c(CCCCN)c2c1. The van der Waals surface area contributed by atoms with Crippen molar-refractivity contribution in [2.24, 2.45) is 5.73 Å². The number of aryl methyl sites for hydroxylation is 3. The van der Waals surface area contributed by atoms with Crippen molar-refractivity contribution in [1.29, 1.82) is 0 Å². The van der Waals surface area contributed by atoms with E-state index in [1.54, 1.807) is 0 Å². The van der Waals surface area contributed by atoms with Crippen LogP contribution in [0.3, 0.4) is 0 Å². The van der Waals surface area contributed by atoms with E-state index in [9.17, 15) is 0 Å². The maximum Gasteiger partial charge on any atom is 0.0497 e. The van der Waals surface area contributed by atoms with Crippen LogP contribution in [0.4, 0.5) is 0 Å². The van der Waals surface area contributed by atoms with Crippen LogP contribution in [-0.2, 0) is 6.42 Å². The number of unbranched alkanes of at least 4 members (excludes halogenated alkanes) is 1. The normalized spacial score (nSPS) is 11.3. The number of fused-ring (bicyclic) bond motifs is 1. The Bertz CT molecular complexity index is 816. The van der Waals surface area contributed by atoms with Crippen molar-refractivity contribution >= 4 is 26.8 Å².